The summed E-state index contributed by atoms with van der Waals surface area (Å²) in [7, 11) is 0. The molecule has 2 bridgehead atoms. The molecule has 30 heavy (non-hydrogen) atoms. The highest BCUT2D eigenvalue weighted by Gasteiger charge is 2.56. The zero-order chi connectivity index (χ0) is 21.2. The van der Waals surface area contributed by atoms with E-state index in [4.69, 9.17) is 14.2 Å². The van der Waals surface area contributed by atoms with Crippen molar-refractivity contribution >= 4 is 0 Å². The van der Waals surface area contributed by atoms with Gasteiger partial charge in [-0.15, -0.1) is 0 Å². The van der Waals surface area contributed by atoms with Crippen LogP contribution in [0.1, 0.15) is 70.3 Å². The number of fused-ring (bicyclic) bond motifs is 3. The number of aryl methyl sites for hydroxylation is 1. The number of rotatable bonds is 8. The summed E-state index contributed by atoms with van der Waals surface area (Å²) in [6, 6.07) is 2.21. The molecule has 0 spiro atoms. The van der Waals surface area contributed by atoms with Gasteiger partial charge in [0.2, 0.25) is 0 Å². The summed E-state index contributed by atoms with van der Waals surface area (Å²) in [5.41, 5.74) is 0.537. The molecule has 0 aromatic heterocycles. The topological polar surface area (TPSA) is 27.7 Å². The second-order valence-corrected chi connectivity index (χ2v) is 9.56. The molecule has 6 heteroatoms. The van der Waals surface area contributed by atoms with Crippen LogP contribution in [0, 0.1) is 34.7 Å². The predicted molar refractivity (Wildman–Crippen MR) is 107 cm³/mol. The first-order valence-corrected chi connectivity index (χ1v) is 11.5. The van der Waals surface area contributed by atoms with Gasteiger partial charge >= 0.3 is 0 Å². The summed E-state index contributed by atoms with van der Waals surface area (Å²) in [6.45, 7) is 4.37. The molecule has 1 aliphatic carbocycles. The van der Waals surface area contributed by atoms with Gasteiger partial charge in [0.05, 0.1) is 19.8 Å². The van der Waals surface area contributed by atoms with Crippen LogP contribution < -0.4 is 0 Å². The van der Waals surface area contributed by atoms with Crippen molar-refractivity contribution < 1.29 is 27.4 Å². The molecule has 1 aromatic carbocycles. The van der Waals surface area contributed by atoms with E-state index in [1.165, 1.54) is 19.3 Å². The minimum Gasteiger partial charge on any atom is -0.326 e. The smallest absolute Gasteiger partial charge is 0.285 e. The SMILES string of the molecule is CCCCCC12COC(C3CCC(CCc4cc(F)c(F)c(F)c4)CC3)(OC1)OC2. The van der Waals surface area contributed by atoms with Gasteiger partial charge in [0.1, 0.15) is 0 Å². The largest absolute Gasteiger partial charge is 0.326 e. The summed E-state index contributed by atoms with van der Waals surface area (Å²) in [5, 5.41) is 0. The van der Waals surface area contributed by atoms with Crippen LogP contribution in [0.4, 0.5) is 13.2 Å². The molecule has 3 heterocycles. The first kappa shape index (κ1) is 22.1. The van der Waals surface area contributed by atoms with Crippen LogP contribution in [0.2, 0.25) is 0 Å². The van der Waals surface area contributed by atoms with E-state index < -0.39 is 23.4 Å². The van der Waals surface area contributed by atoms with Gasteiger partial charge in [-0.3, -0.25) is 0 Å². The highest BCUT2D eigenvalue weighted by atomic mass is 19.2. The van der Waals surface area contributed by atoms with Crippen LogP contribution in [0.15, 0.2) is 12.1 Å². The van der Waals surface area contributed by atoms with E-state index in [1.54, 1.807) is 0 Å². The van der Waals surface area contributed by atoms with Crippen molar-refractivity contribution in [1.29, 1.82) is 0 Å². The Kier molecular flexibility index (Phi) is 6.76. The van der Waals surface area contributed by atoms with E-state index in [1.807, 2.05) is 0 Å². The molecule has 3 saturated heterocycles. The molecule has 1 saturated carbocycles. The minimum absolute atomic E-state index is 0.0217. The molecule has 0 amide bonds. The number of halogens is 3. The third-order valence-electron chi connectivity index (χ3n) is 7.28. The van der Waals surface area contributed by atoms with Crippen molar-refractivity contribution in [2.24, 2.45) is 17.3 Å². The summed E-state index contributed by atoms with van der Waals surface area (Å²) < 4.78 is 58.5. The first-order chi connectivity index (χ1) is 14.5. The Balaban J connectivity index is 1.24. The molecular weight excluding hydrogens is 393 g/mol. The molecule has 3 aliphatic heterocycles. The van der Waals surface area contributed by atoms with Crippen LogP contribution >= 0.6 is 0 Å². The number of unbranched alkanes of at least 4 members (excludes halogenated alkanes) is 2. The van der Waals surface area contributed by atoms with E-state index in [0.29, 0.717) is 17.9 Å². The lowest BCUT2D eigenvalue weighted by molar-refractivity contribution is -0.488. The van der Waals surface area contributed by atoms with Gasteiger partial charge in [0.15, 0.2) is 17.5 Å². The first-order valence-electron chi connectivity index (χ1n) is 11.5. The van der Waals surface area contributed by atoms with Crippen molar-refractivity contribution in [3.8, 4) is 0 Å². The molecule has 0 radical (unpaired) electrons. The number of benzene rings is 1. The molecule has 0 N–H and O–H groups in total. The fourth-order valence-corrected chi connectivity index (χ4v) is 5.26. The zero-order valence-electron chi connectivity index (χ0n) is 17.9. The third kappa shape index (κ3) is 4.56. The Hall–Kier alpha value is -1.11. The molecular formula is C24H33F3O3. The van der Waals surface area contributed by atoms with Gasteiger partial charge < -0.3 is 14.2 Å². The Morgan fingerprint density at radius 2 is 1.50 bits per heavy atom. The number of hydrogen-bond donors (Lipinski definition) is 0. The van der Waals surface area contributed by atoms with Gasteiger partial charge in [-0.1, -0.05) is 26.2 Å². The van der Waals surface area contributed by atoms with Crippen LogP contribution in [0.5, 0.6) is 0 Å². The molecule has 5 rings (SSSR count). The number of ether oxygens (including phenoxy) is 3. The van der Waals surface area contributed by atoms with Crippen LogP contribution in [-0.4, -0.2) is 25.8 Å². The predicted octanol–water partition coefficient (Wildman–Crippen LogP) is 6.14. The quantitative estimate of drug-likeness (QED) is 0.369. The van der Waals surface area contributed by atoms with Crippen LogP contribution in [-0.2, 0) is 20.6 Å². The van der Waals surface area contributed by atoms with Crippen molar-refractivity contribution in [3.05, 3.63) is 35.1 Å². The molecule has 168 valence electrons. The van der Waals surface area contributed by atoms with E-state index in [9.17, 15) is 13.2 Å². The van der Waals surface area contributed by atoms with Crippen molar-refractivity contribution in [1.82, 2.24) is 0 Å². The molecule has 4 fully saturated rings. The van der Waals surface area contributed by atoms with Crippen LogP contribution in [0.25, 0.3) is 0 Å². The van der Waals surface area contributed by atoms with Crippen molar-refractivity contribution in [2.45, 2.75) is 77.1 Å². The van der Waals surface area contributed by atoms with Gasteiger partial charge in [0, 0.05) is 11.3 Å². The second kappa shape index (κ2) is 9.17. The summed E-state index contributed by atoms with van der Waals surface area (Å²) in [5.74, 6) is -3.79. The molecule has 3 nitrogen and oxygen atoms in total. The maximum atomic E-state index is 13.4. The minimum atomic E-state index is -1.40. The molecule has 0 atom stereocenters. The third-order valence-corrected chi connectivity index (χ3v) is 7.28. The highest BCUT2D eigenvalue weighted by Crippen LogP contribution is 2.49. The molecule has 0 unspecified atom stereocenters. The summed E-state index contributed by atoms with van der Waals surface area (Å²) in [6.07, 6.45) is 10.0. The average Bonchev–Trinajstić information content (AvgIpc) is 2.78. The lowest BCUT2D eigenvalue weighted by Crippen LogP contribution is -2.63. The fourth-order valence-electron chi connectivity index (χ4n) is 5.26. The van der Waals surface area contributed by atoms with Crippen molar-refractivity contribution in [2.75, 3.05) is 19.8 Å². The van der Waals surface area contributed by atoms with E-state index in [-0.39, 0.29) is 11.3 Å². The lowest BCUT2D eigenvalue weighted by atomic mass is 9.76. The van der Waals surface area contributed by atoms with Crippen molar-refractivity contribution in [3.63, 3.8) is 0 Å². The van der Waals surface area contributed by atoms with Gasteiger partial charge in [-0.25, -0.2) is 13.2 Å². The Morgan fingerprint density at radius 1 is 0.900 bits per heavy atom. The Bertz CT molecular complexity index is 683. The van der Waals surface area contributed by atoms with Gasteiger partial charge in [0.25, 0.3) is 5.97 Å². The Morgan fingerprint density at radius 3 is 2.07 bits per heavy atom. The Labute approximate surface area is 177 Å². The van der Waals surface area contributed by atoms with Gasteiger partial charge in [-0.2, -0.15) is 0 Å². The van der Waals surface area contributed by atoms with E-state index in [2.05, 4.69) is 6.92 Å². The second-order valence-electron chi connectivity index (χ2n) is 9.56. The standard InChI is InChI=1S/C24H33F3O3/c1-2-3-4-11-23-14-28-24(29-15-23,30-16-23)19-9-7-17(8-10-19)5-6-18-12-20(25)22(27)21(26)13-18/h12-13,17,19H,2-11,14-16H2,1H3. The summed E-state index contributed by atoms with van der Waals surface area (Å²) >= 11 is 0. The monoisotopic (exact) mass is 426 g/mol. The molecule has 1 aromatic rings. The maximum absolute atomic E-state index is 13.4. The highest BCUT2D eigenvalue weighted by molar-refractivity contribution is 5.19. The molecule has 4 aliphatic rings. The summed E-state index contributed by atoms with van der Waals surface area (Å²) in [4.78, 5) is 0. The fraction of sp³-hybridized carbons (Fsp3) is 0.750. The van der Waals surface area contributed by atoms with E-state index >= 15 is 0 Å². The van der Waals surface area contributed by atoms with E-state index in [0.717, 1.165) is 70.5 Å². The number of hydrogen-bond acceptors (Lipinski definition) is 3. The van der Waals surface area contributed by atoms with Crippen LogP contribution in [0.3, 0.4) is 0 Å². The average molecular weight is 427 g/mol. The normalized spacial score (nSPS) is 33.7. The maximum Gasteiger partial charge on any atom is 0.285 e. The lowest BCUT2D eigenvalue weighted by Gasteiger charge is -2.55. The van der Waals surface area contributed by atoms with Gasteiger partial charge in [-0.05, 0) is 68.6 Å². The zero-order valence-corrected chi connectivity index (χ0v) is 17.9.